The SMILES string of the molecule is Clc1ccc(C2(c3cc4n(n3)CCCCN4)CCC2)cc1. The number of fused-ring (bicyclic) bond motifs is 1. The Balaban J connectivity index is 1.74. The molecule has 1 aromatic carbocycles. The Morgan fingerprint density at radius 1 is 1.10 bits per heavy atom. The number of aromatic nitrogens is 2. The number of aryl methyl sites for hydroxylation is 1. The van der Waals surface area contributed by atoms with Gasteiger partial charge in [-0.25, -0.2) is 4.68 Å². The number of hydrogen-bond donors (Lipinski definition) is 1. The fourth-order valence-electron chi connectivity index (χ4n) is 3.56. The Kier molecular flexibility index (Phi) is 3.18. The minimum Gasteiger partial charge on any atom is -0.370 e. The van der Waals surface area contributed by atoms with Crippen molar-refractivity contribution >= 4 is 17.4 Å². The number of benzene rings is 1. The highest BCUT2D eigenvalue weighted by Crippen LogP contribution is 2.49. The van der Waals surface area contributed by atoms with Crippen molar-refractivity contribution in [2.24, 2.45) is 0 Å². The maximum Gasteiger partial charge on any atom is 0.124 e. The summed E-state index contributed by atoms with van der Waals surface area (Å²) in [5.74, 6) is 1.18. The molecular formula is C17H20ClN3. The number of anilines is 1. The highest BCUT2D eigenvalue weighted by Gasteiger charge is 2.42. The minimum absolute atomic E-state index is 0.103. The van der Waals surface area contributed by atoms with Crippen LogP contribution in [0.2, 0.25) is 5.02 Å². The summed E-state index contributed by atoms with van der Waals surface area (Å²) >= 11 is 6.04. The van der Waals surface area contributed by atoms with E-state index in [4.69, 9.17) is 16.7 Å². The number of hydrogen-bond acceptors (Lipinski definition) is 2. The second-order valence-corrected chi connectivity index (χ2v) is 6.65. The van der Waals surface area contributed by atoms with Crippen molar-refractivity contribution in [2.75, 3.05) is 11.9 Å². The molecule has 4 rings (SSSR count). The number of nitrogens with one attached hydrogen (secondary N) is 1. The van der Waals surface area contributed by atoms with Crippen molar-refractivity contribution in [3.8, 4) is 0 Å². The summed E-state index contributed by atoms with van der Waals surface area (Å²) in [7, 11) is 0. The van der Waals surface area contributed by atoms with Crippen LogP contribution >= 0.6 is 11.6 Å². The van der Waals surface area contributed by atoms with Crippen LogP contribution in [0.5, 0.6) is 0 Å². The van der Waals surface area contributed by atoms with E-state index in [-0.39, 0.29) is 5.41 Å². The van der Waals surface area contributed by atoms with Gasteiger partial charge in [-0.15, -0.1) is 0 Å². The van der Waals surface area contributed by atoms with Crippen LogP contribution in [0.1, 0.15) is 43.4 Å². The van der Waals surface area contributed by atoms with Gasteiger partial charge >= 0.3 is 0 Å². The lowest BCUT2D eigenvalue weighted by Crippen LogP contribution is -2.36. The molecular weight excluding hydrogens is 282 g/mol. The monoisotopic (exact) mass is 301 g/mol. The zero-order valence-electron chi connectivity index (χ0n) is 12.1. The standard InChI is InChI=1S/C17H20ClN3/c18-14-6-4-13(5-7-14)17(8-3-9-17)15-12-16-19-10-1-2-11-21(16)20-15/h4-7,12,19H,1-3,8-11H2. The molecule has 0 saturated heterocycles. The van der Waals surface area contributed by atoms with Crippen LogP contribution in [0, 0.1) is 0 Å². The van der Waals surface area contributed by atoms with Gasteiger partial charge < -0.3 is 5.32 Å². The van der Waals surface area contributed by atoms with Gasteiger partial charge in [0.2, 0.25) is 0 Å². The molecule has 1 saturated carbocycles. The largest absolute Gasteiger partial charge is 0.370 e. The van der Waals surface area contributed by atoms with E-state index >= 15 is 0 Å². The van der Waals surface area contributed by atoms with E-state index in [1.165, 1.54) is 49.2 Å². The van der Waals surface area contributed by atoms with Crippen LogP contribution in [0.4, 0.5) is 5.82 Å². The molecule has 0 atom stereocenters. The van der Waals surface area contributed by atoms with Crippen LogP contribution in [-0.4, -0.2) is 16.3 Å². The van der Waals surface area contributed by atoms with Gasteiger partial charge in [0.1, 0.15) is 5.82 Å². The molecule has 0 unspecified atom stereocenters. The van der Waals surface area contributed by atoms with E-state index in [9.17, 15) is 0 Å². The van der Waals surface area contributed by atoms with E-state index in [0.717, 1.165) is 18.1 Å². The normalized spacial score (nSPS) is 20.0. The fraction of sp³-hybridized carbons (Fsp3) is 0.471. The van der Waals surface area contributed by atoms with Crippen molar-refractivity contribution in [2.45, 2.75) is 44.1 Å². The summed E-state index contributed by atoms with van der Waals surface area (Å²) in [5, 5.41) is 9.23. The molecule has 1 aromatic heterocycles. The van der Waals surface area contributed by atoms with Gasteiger partial charge in [0.25, 0.3) is 0 Å². The average molecular weight is 302 g/mol. The third-order valence-electron chi connectivity index (χ3n) is 4.98. The van der Waals surface area contributed by atoms with Crippen molar-refractivity contribution in [3.63, 3.8) is 0 Å². The van der Waals surface area contributed by atoms with Gasteiger partial charge in [0.05, 0.1) is 5.69 Å². The zero-order valence-corrected chi connectivity index (χ0v) is 12.9. The summed E-state index contributed by atoms with van der Waals surface area (Å²) in [6.07, 6.45) is 6.07. The molecule has 1 N–H and O–H groups in total. The van der Waals surface area contributed by atoms with E-state index in [1.54, 1.807) is 0 Å². The zero-order chi connectivity index (χ0) is 14.3. The molecule has 0 amide bonds. The Hall–Kier alpha value is -1.48. The Morgan fingerprint density at radius 3 is 2.62 bits per heavy atom. The molecule has 0 bridgehead atoms. The Morgan fingerprint density at radius 2 is 1.90 bits per heavy atom. The van der Waals surface area contributed by atoms with Crippen molar-refractivity contribution in [1.82, 2.24) is 9.78 Å². The number of halogens is 1. The summed E-state index contributed by atoms with van der Waals surface area (Å²) in [6.45, 7) is 2.08. The van der Waals surface area contributed by atoms with Crippen LogP contribution in [0.15, 0.2) is 30.3 Å². The third kappa shape index (κ3) is 2.15. The van der Waals surface area contributed by atoms with Gasteiger partial charge in [-0.2, -0.15) is 5.10 Å². The van der Waals surface area contributed by atoms with Crippen LogP contribution < -0.4 is 5.32 Å². The van der Waals surface area contributed by atoms with Crippen LogP contribution in [0.3, 0.4) is 0 Å². The quantitative estimate of drug-likeness (QED) is 0.900. The number of rotatable bonds is 2. The molecule has 110 valence electrons. The summed E-state index contributed by atoms with van der Waals surface area (Å²) in [5.41, 5.74) is 2.68. The van der Waals surface area contributed by atoms with E-state index in [0.29, 0.717) is 0 Å². The van der Waals surface area contributed by atoms with Gasteiger partial charge in [-0.1, -0.05) is 30.2 Å². The summed E-state index contributed by atoms with van der Waals surface area (Å²) < 4.78 is 2.15. The second-order valence-electron chi connectivity index (χ2n) is 6.21. The summed E-state index contributed by atoms with van der Waals surface area (Å²) in [4.78, 5) is 0. The van der Waals surface area contributed by atoms with Crippen molar-refractivity contribution in [3.05, 3.63) is 46.6 Å². The van der Waals surface area contributed by atoms with Gasteiger partial charge in [0, 0.05) is 29.6 Å². The molecule has 1 fully saturated rings. The van der Waals surface area contributed by atoms with E-state index < -0.39 is 0 Å². The van der Waals surface area contributed by atoms with Crippen LogP contribution in [-0.2, 0) is 12.0 Å². The Bertz CT molecular complexity index is 617. The molecule has 4 heteroatoms. The maximum absolute atomic E-state index is 6.04. The first-order chi connectivity index (χ1) is 10.3. The third-order valence-corrected chi connectivity index (χ3v) is 5.23. The molecule has 1 aliphatic heterocycles. The molecule has 21 heavy (non-hydrogen) atoms. The smallest absolute Gasteiger partial charge is 0.124 e. The molecule has 0 radical (unpaired) electrons. The maximum atomic E-state index is 6.04. The molecule has 0 spiro atoms. The van der Waals surface area contributed by atoms with Gasteiger partial charge in [0.15, 0.2) is 0 Å². The molecule has 3 nitrogen and oxygen atoms in total. The minimum atomic E-state index is 0.103. The highest BCUT2D eigenvalue weighted by atomic mass is 35.5. The lowest BCUT2D eigenvalue weighted by Gasteiger charge is -2.41. The van der Waals surface area contributed by atoms with Crippen LogP contribution in [0.25, 0.3) is 0 Å². The lowest BCUT2D eigenvalue weighted by molar-refractivity contribution is 0.290. The first-order valence-electron chi connectivity index (χ1n) is 7.86. The molecule has 2 aromatic rings. The lowest BCUT2D eigenvalue weighted by atomic mass is 9.62. The van der Waals surface area contributed by atoms with E-state index in [2.05, 4.69) is 28.2 Å². The predicted molar refractivity (Wildman–Crippen MR) is 86.0 cm³/mol. The average Bonchev–Trinajstić information content (AvgIpc) is 2.71. The highest BCUT2D eigenvalue weighted by molar-refractivity contribution is 6.30. The first-order valence-corrected chi connectivity index (χ1v) is 8.24. The molecule has 1 aliphatic carbocycles. The predicted octanol–water partition coefficient (Wildman–Crippen LogP) is 4.21. The Labute approximate surface area is 130 Å². The molecule has 2 aliphatic rings. The summed E-state index contributed by atoms with van der Waals surface area (Å²) in [6, 6.07) is 10.6. The van der Waals surface area contributed by atoms with Gasteiger partial charge in [-0.05, 0) is 43.4 Å². The molecule has 2 heterocycles. The second kappa shape index (κ2) is 5.06. The number of nitrogens with zero attached hydrogens (tertiary/aromatic N) is 2. The van der Waals surface area contributed by atoms with Crippen molar-refractivity contribution in [1.29, 1.82) is 0 Å². The van der Waals surface area contributed by atoms with Gasteiger partial charge in [-0.3, -0.25) is 0 Å². The van der Waals surface area contributed by atoms with Crippen molar-refractivity contribution < 1.29 is 0 Å². The van der Waals surface area contributed by atoms with E-state index in [1.807, 2.05) is 12.1 Å². The fourth-order valence-corrected chi connectivity index (χ4v) is 3.68. The first kappa shape index (κ1) is 13.2. The topological polar surface area (TPSA) is 29.9 Å².